The van der Waals surface area contributed by atoms with Crippen LogP contribution in [0.4, 0.5) is 11.4 Å². The number of carbonyl (C=O) groups is 2. The van der Waals surface area contributed by atoms with E-state index in [1.165, 1.54) is 17.8 Å². The second-order valence-corrected chi connectivity index (χ2v) is 7.29. The molecule has 2 amide bonds. The van der Waals surface area contributed by atoms with Gasteiger partial charge in [0.15, 0.2) is 0 Å². The minimum atomic E-state index is -0.504. The number of aromatic nitrogens is 1. The van der Waals surface area contributed by atoms with Crippen LogP contribution in [0.3, 0.4) is 0 Å². The summed E-state index contributed by atoms with van der Waals surface area (Å²) in [6, 6.07) is 5.25. The van der Waals surface area contributed by atoms with Crippen LogP contribution in [0.1, 0.15) is 40.3 Å². The predicted molar refractivity (Wildman–Crippen MR) is 100 cm³/mol. The number of nitrogens with zero attached hydrogens (tertiary/aromatic N) is 2. The zero-order valence-corrected chi connectivity index (χ0v) is 15.1. The van der Waals surface area contributed by atoms with Crippen LogP contribution in [0.5, 0.6) is 0 Å². The Bertz CT molecular complexity index is 781. The van der Waals surface area contributed by atoms with Gasteiger partial charge in [0.1, 0.15) is 0 Å². The van der Waals surface area contributed by atoms with Gasteiger partial charge in [-0.2, -0.15) is 0 Å². The summed E-state index contributed by atoms with van der Waals surface area (Å²) < 4.78 is 0. The zero-order valence-electron chi connectivity index (χ0n) is 14.2. The van der Waals surface area contributed by atoms with Crippen molar-refractivity contribution in [2.75, 3.05) is 23.3 Å². The number of anilines is 2. The lowest BCUT2D eigenvalue weighted by molar-refractivity contribution is -0.115. The second kappa shape index (κ2) is 7.65. The van der Waals surface area contributed by atoms with Gasteiger partial charge < -0.3 is 16.0 Å². The molecule has 1 aromatic heterocycles. The molecule has 0 spiro atoms. The number of piperidine rings is 1. The topological polar surface area (TPSA) is 88.3 Å². The summed E-state index contributed by atoms with van der Waals surface area (Å²) in [5.41, 5.74) is 8.11. The second-order valence-electron chi connectivity index (χ2n) is 6.23. The molecule has 132 valence electrons. The highest BCUT2D eigenvalue weighted by Crippen LogP contribution is 2.30. The number of thiazole rings is 1. The lowest BCUT2D eigenvalue weighted by Gasteiger charge is -2.30. The molecule has 3 N–H and O–H groups in total. The molecule has 1 aliphatic rings. The Labute approximate surface area is 151 Å². The van der Waals surface area contributed by atoms with Gasteiger partial charge in [0.2, 0.25) is 11.8 Å². The number of hydrogen-bond acceptors (Lipinski definition) is 5. The molecule has 0 unspecified atom stereocenters. The van der Waals surface area contributed by atoms with Crippen LogP contribution in [0.2, 0.25) is 0 Å². The van der Waals surface area contributed by atoms with Crippen molar-refractivity contribution >= 4 is 34.5 Å². The molecule has 2 heterocycles. The Morgan fingerprint density at radius 3 is 2.68 bits per heavy atom. The standard InChI is InChI=1S/C18H22N4O2S/c1-12-20-14(11-25-12)10-17(23)21-15-9-13(18(19)24)5-6-16(15)22-7-3-2-4-8-22/h5-6,9,11H,2-4,7-8,10H2,1H3,(H2,19,24)(H,21,23). The van der Waals surface area contributed by atoms with E-state index in [2.05, 4.69) is 15.2 Å². The smallest absolute Gasteiger partial charge is 0.248 e. The Hall–Kier alpha value is -2.41. The van der Waals surface area contributed by atoms with Crippen molar-refractivity contribution in [2.45, 2.75) is 32.6 Å². The maximum absolute atomic E-state index is 12.4. The highest BCUT2D eigenvalue weighted by atomic mass is 32.1. The first-order valence-electron chi connectivity index (χ1n) is 8.42. The van der Waals surface area contributed by atoms with Gasteiger partial charge in [-0.05, 0) is 44.4 Å². The van der Waals surface area contributed by atoms with Gasteiger partial charge in [-0.25, -0.2) is 4.98 Å². The van der Waals surface area contributed by atoms with Crippen molar-refractivity contribution in [3.8, 4) is 0 Å². The van der Waals surface area contributed by atoms with Crippen LogP contribution < -0.4 is 16.0 Å². The Morgan fingerprint density at radius 1 is 1.28 bits per heavy atom. The fourth-order valence-corrected chi connectivity index (χ4v) is 3.66. The molecule has 2 aromatic rings. The number of hydrogen-bond donors (Lipinski definition) is 2. The molecule has 6 nitrogen and oxygen atoms in total. The number of carbonyl (C=O) groups excluding carboxylic acids is 2. The van der Waals surface area contributed by atoms with Crippen molar-refractivity contribution in [3.05, 3.63) is 39.8 Å². The Kier molecular flexibility index (Phi) is 5.33. The van der Waals surface area contributed by atoms with Gasteiger partial charge in [0.05, 0.1) is 28.5 Å². The first kappa shape index (κ1) is 17.4. The summed E-state index contributed by atoms with van der Waals surface area (Å²) >= 11 is 1.52. The van der Waals surface area contributed by atoms with Gasteiger partial charge in [-0.15, -0.1) is 11.3 Å². The molecule has 0 bridgehead atoms. The third-order valence-electron chi connectivity index (χ3n) is 4.26. The van der Waals surface area contributed by atoms with Crippen molar-refractivity contribution in [1.82, 2.24) is 4.98 Å². The number of aryl methyl sites for hydroxylation is 1. The quantitative estimate of drug-likeness (QED) is 0.860. The van der Waals surface area contributed by atoms with Gasteiger partial charge in [0, 0.05) is 24.0 Å². The minimum absolute atomic E-state index is 0.148. The van der Waals surface area contributed by atoms with Crippen LogP contribution >= 0.6 is 11.3 Å². The number of amides is 2. The zero-order chi connectivity index (χ0) is 17.8. The molecule has 0 radical (unpaired) electrons. The molecular weight excluding hydrogens is 336 g/mol. The van der Waals surface area contributed by atoms with Crippen molar-refractivity contribution in [2.24, 2.45) is 5.73 Å². The maximum Gasteiger partial charge on any atom is 0.248 e. The first-order chi connectivity index (χ1) is 12.0. The summed E-state index contributed by atoms with van der Waals surface area (Å²) in [6.45, 7) is 3.81. The van der Waals surface area contributed by atoms with E-state index in [9.17, 15) is 9.59 Å². The van der Waals surface area contributed by atoms with Gasteiger partial charge in [-0.3, -0.25) is 9.59 Å². The van der Waals surface area contributed by atoms with Crippen LogP contribution in [0, 0.1) is 6.92 Å². The van der Waals surface area contributed by atoms with E-state index in [1.807, 2.05) is 18.4 Å². The first-order valence-corrected chi connectivity index (χ1v) is 9.30. The van der Waals surface area contributed by atoms with Crippen molar-refractivity contribution in [3.63, 3.8) is 0 Å². The molecule has 1 saturated heterocycles. The van der Waals surface area contributed by atoms with E-state index >= 15 is 0 Å². The fraction of sp³-hybridized carbons (Fsp3) is 0.389. The maximum atomic E-state index is 12.4. The summed E-state index contributed by atoms with van der Waals surface area (Å²) in [6.07, 6.45) is 3.69. The molecule has 1 aliphatic heterocycles. The fourth-order valence-electron chi connectivity index (χ4n) is 3.05. The van der Waals surface area contributed by atoms with Gasteiger partial charge >= 0.3 is 0 Å². The summed E-state index contributed by atoms with van der Waals surface area (Å²) in [4.78, 5) is 30.5. The van der Waals surface area contributed by atoms with E-state index in [0.29, 0.717) is 11.3 Å². The molecule has 1 aromatic carbocycles. The summed E-state index contributed by atoms with van der Waals surface area (Å²) in [5.74, 6) is -0.652. The molecule has 1 fully saturated rings. The van der Waals surface area contributed by atoms with Gasteiger partial charge in [0.25, 0.3) is 0 Å². The number of rotatable bonds is 5. The highest BCUT2D eigenvalue weighted by molar-refractivity contribution is 7.09. The van der Waals surface area contributed by atoms with E-state index in [4.69, 9.17) is 5.73 Å². The Morgan fingerprint density at radius 2 is 2.04 bits per heavy atom. The predicted octanol–water partition coefficient (Wildman–Crippen LogP) is 2.72. The van der Waals surface area contributed by atoms with E-state index < -0.39 is 5.91 Å². The SMILES string of the molecule is Cc1nc(CC(=O)Nc2cc(C(N)=O)ccc2N2CCCCC2)cs1. The lowest BCUT2D eigenvalue weighted by atomic mass is 10.1. The highest BCUT2D eigenvalue weighted by Gasteiger charge is 2.18. The third kappa shape index (κ3) is 4.36. The normalized spacial score (nSPS) is 14.4. The minimum Gasteiger partial charge on any atom is -0.370 e. The van der Waals surface area contributed by atoms with E-state index in [-0.39, 0.29) is 12.3 Å². The van der Waals surface area contributed by atoms with E-state index in [1.54, 1.807) is 12.1 Å². The molecule has 3 rings (SSSR count). The molecule has 0 aliphatic carbocycles. The molecule has 25 heavy (non-hydrogen) atoms. The average Bonchev–Trinajstić information content (AvgIpc) is 3.00. The molecule has 0 saturated carbocycles. The number of nitrogens with one attached hydrogen (secondary N) is 1. The average molecular weight is 358 g/mol. The largest absolute Gasteiger partial charge is 0.370 e. The number of primary amides is 1. The summed E-state index contributed by atoms with van der Waals surface area (Å²) in [5, 5.41) is 5.76. The van der Waals surface area contributed by atoms with E-state index in [0.717, 1.165) is 42.3 Å². The van der Waals surface area contributed by atoms with Crippen LogP contribution in [-0.4, -0.2) is 29.9 Å². The third-order valence-corrected chi connectivity index (χ3v) is 5.08. The Balaban J connectivity index is 1.82. The molecule has 0 atom stereocenters. The van der Waals surface area contributed by atoms with Crippen molar-refractivity contribution in [1.29, 1.82) is 0 Å². The number of benzene rings is 1. The summed E-state index contributed by atoms with van der Waals surface area (Å²) in [7, 11) is 0. The molecular formula is C18H22N4O2S. The monoisotopic (exact) mass is 358 g/mol. The van der Waals surface area contributed by atoms with Crippen LogP contribution in [-0.2, 0) is 11.2 Å². The van der Waals surface area contributed by atoms with Crippen molar-refractivity contribution < 1.29 is 9.59 Å². The van der Waals surface area contributed by atoms with Gasteiger partial charge in [-0.1, -0.05) is 0 Å². The van der Waals surface area contributed by atoms with Crippen LogP contribution in [0.15, 0.2) is 23.6 Å². The molecule has 7 heteroatoms. The lowest BCUT2D eigenvalue weighted by Crippen LogP contribution is -2.30. The van der Waals surface area contributed by atoms with Crippen LogP contribution in [0.25, 0.3) is 0 Å². The number of nitrogens with two attached hydrogens (primary N) is 1.